The van der Waals surface area contributed by atoms with Gasteiger partial charge >= 0.3 is 11.9 Å². The second-order valence-corrected chi connectivity index (χ2v) is 7.18. The van der Waals surface area contributed by atoms with Crippen molar-refractivity contribution in [2.45, 2.75) is 6.92 Å². The molecule has 0 aliphatic carbocycles. The molecule has 0 unspecified atom stereocenters. The molecule has 1 saturated heterocycles. The van der Waals surface area contributed by atoms with Crippen LogP contribution in [-0.2, 0) is 14.3 Å². The molecule has 2 aromatic rings. The van der Waals surface area contributed by atoms with E-state index in [0.29, 0.717) is 23.1 Å². The molecule has 0 atom stereocenters. The lowest BCUT2D eigenvalue weighted by molar-refractivity contribution is -0.145. The third-order valence-electron chi connectivity index (χ3n) is 3.85. The first kappa shape index (κ1) is 20.7. The Hall–Kier alpha value is -3.04. The summed E-state index contributed by atoms with van der Waals surface area (Å²) in [4.78, 5) is 48.1. The van der Waals surface area contributed by atoms with Crippen LogP contribution in [-0.4, -0.2) is 46.2 Å². The van der Waals surface area contributed by atoms with E-state index in [4.69, 9.17) is 20.8 Å². The molecule has 1 aromatic carbocycles. The number of rotatable bonds is 6. The van der Waals surface area contributed by atoms with E-state index in [0.717, 1.165) is 4.90 Å². The van der Waals surface area contributed by atoms with E-state index in [1.54, 1.807) is 25.1 Å². The van der Waals surface area contributed by atoms with Gasteiger partial charge in [0.1, 0.15) is 18.1 Å². The molecule has 8 nitrogen and oxygen atoms in total. The van der Waals surface area contributed by atoms with Crippen LogP contribution < -0.4 is 0 Å². The molecule has 2 heterocycles. The predicted octanol–water partition coefficient (Wildman–Crippen LogP) is 3.90. The molecule has 0 radical (unpaired) electrons. The number of carbonyl (C=O) groups excluding carboxylic acids is 3. The summed E-state index contributed by atoms with van der Waals surface area (Å²) in [7, 11) is 0. The quantitative estimate of drug-likeness (QED) is 0.536. The van der Waals surface area contributed by atoms with Gasteiger partial charge in [-0.2, -0.15) is 0 Å². The van der Waals surface area contributed by atoms with E-state index in [2.05, 4.69) is 0 Å². The van der Waals surface area contributed by atoms with Gasteiger partial charge in [0.25, 0.3) is 11.1 Å². The third kappa shape index (κ3) is 4.52. The molecule has 10 heteroatoms. The maximum Gasteiger partial charge on any atom is 0.337 e. The number of furan rings is 1. The molecule has 1 N–H and O–H groups in total. The van der Waals surface area contributed by atoms with E-state index in [1.807, 2.05) is 0 Å². The molecule has 0 spiro atoms. The van der Waals surface area contributed by atoms with Gasteiger partial charge in [0.2, 0.25) is 0 Å². The van der Waals surface area contributed by atoms with Crippen molar-refractivity contribution in [3.8, 4) is 11.3 Å². The van der Waals surface area contributed by atoms with Crippen LogP contribution in [0.4, 0.5) is 4.79 Å². The Kier molecular flexibility index (Phi) is 6.09. The van der Waals surface area contributed by atoms with Crippen molar-refractivity contribution in [3.63, 3.8) is 0 Å². The minimum atomic E-state index is -1.17. The van der Waals surface area contributed by atoms with Gasteiger partial charge in [-0.15, -0.1) is 0 Å². The summed E-state index contributed by atoms with van der Waals surface area (Å²) in [5.74, 6) is -1.81. The zero-order valence-corrected chi connectivity index (χ0v) is 16.6. The standard InChI is InChI=1S/C19H14ClNO7S/c1-2-27-16(22)9-21-17(23)15(29-19(21)26)8-11-4-6-14(28-11)10-3-5-13(20)12(7-10)18(24)25/h3-8H,2,9H2,1H3,(H,24,25)/b15-8-. The molecule has 3 rings (SSSR count). The van der Waals surface area contributed by atoms with Crippen LogP contribution in [0.1, 0.15) is 23.0 Å². The number of imide groups is 1. The van der Waals surface area contributed by atoms with Gasteiger partial charge in [0, 0.05) is 11.6 Å². The number of benzene rings is 1. The Labute approximate surface area is 174 Å². The fraction of sp³-hybridized carbons (Fsp3) is 0.158. The number of nitrogens with zero attached hydrogens (tertiary/aromatic N) is 1. The van der Waals surface area contributed by atoms with Crippen molar-refractivity contribution < 1.29 is 33.4 Å². The van der Waals surface area contributed by atoms with Gasteiger partial charge in [-0.3, -0.25) is 19.3 Å². The van der Waals surface area contributed by atoms with E-state index in [1.165, 1.54) is 18.2 Å². The molecule has 0 bridgehead atoms. The van der Waals surface area contributed by atoms with Gasteiger partial charge in [-0.25, -0.2) is 4.79 Å². The Morgan fingerprint density at radius 1 is 1.28 bits per heavy atom. The second kappa shape index (κ2) is 8.54. The molecular formula is C19H14ClNO7S. The van der Waals surface area contributed by atoms with Crippen molar-refractivity contribution in [1.29, 1.82) is 0 Å². The zero-order valence-electron chi connectivity index (χ0n) is 15.0. The SMILES string of the molecule is CCOC(=O)CN1C(=O)S/C(=C\c2ccc(-c3ccc(Cl)c(C(=O)O)c3)o2)C1=O. The first-order chi connectivity index (χ1) is 13.8. The molecule has 1 aromatic heterocycles. The summed E-state index contributed by atoms with van der Waals surface area (Å²) < 4.78 is 10.4. The Morgan fingerprint density at radius 2 is 2.03 bits per heavy atom. The summed E-state index contributed by atoms with van der Waals surface area (Å²) >= 11 is 6.55. The van der Waals surface area contributed by atoms with Crippen LogP contribution in [0.3, 0.4) is 0 Å². The number of esters is 1. The normalized spacial score (nSPS) is 15.2. The minimum Gasteiger partial charge on any atom is -0.478 e. The topological polar surface area (TPSA) is 114 Å². The van der Waals surface area contributed by atoms with E-state index in [-0.39, 0.29) is 27.9 Å². The summed E-state index contributed by atoms with van der Waals surface area (Å²) in [6.45, 7) is 1.32. The summed E-state index contributed by atoms with van der Waals surface area (Å²) in [5, 5.41) is 8.69. The van der Waals surface area contributed by atoms with Crippen LogP contribution in [0.5, 0.6) is 0 Å². The third-order valence-corrected chi connectivity index (χ3v) is 5.08. The molecule has 150 valence electrons. The minimum absolute atomic E-state index is 0.0674. The van der Waals surface area contributed by atoms with E-state index >= 15 is 0 Å². The van der Waals surface area contributed by atoms with Gasteiger partial charge < -0.3 is 14.3 Å². The highest BCUT2D eigenvalue weighted by atomic mass is 35.5. The number of carboxylic acids is 1. The number of aromatic carboxylic acids is 1. The van der Waals surface area contributed by atoms with E-state index in [9.17, 15) is 24.3 Å². The van der Waals surface area contributed by atoms with Crippen molar-refractivity contribution >= 4 is 52.5 Å². The maximum absolute atomic E-state index is 12.4. The fourth-order valence-corrected chi connectivity index (χ4v) is 3.55. The molecule has 1 aliphatic heterocycles. The first-order valence-electron chi connectivity index (χ1n) is 8.34. The number of halogens is 1. The number of amides is 2. The number of carboxylic acid groups (broad SMARTS) is 1. The highest BCUT2D eigenvalue weighted by Gasteiger charge is 2.36. The monoisotopic (exact) mass is 435 g/mol. The van der Waals surface area contributed by atoms with Crippen molar-refractivity contribution in [2.24, 2.45) is 0 Å². The van der Waals surface area contributed by atoms with Crippen LogP contribution in [0.2, 0.25) is 5.02 Å². The Balaban J connectivity index is 1.81. The molecule has 1 fully saturated rings. The van der Waals surface area contributed by atoms with Gasteiger partial charge in [-0.05, 0) is 49.0 Å². The average molecular weight is 436 g/mol. The lowest BCUT2D eigenvalue weighted by Gasteiger charge is -2.10. The van der Waals surface area contributed by atoms with Crippen molar-refractivity contribution in [1.82, 2.24) is 4.90 Å². The smallest absolute Gasteiger partial charge is 0.337 e. The second-order valence-electron chi connectivity index (χ2n) is 5.77. The van der Waals surface area contributed by atoms with Gasteiger partial charge in [0.05, 0.1) is 22.1 Å². The van der Waals surface area contributed by atoms with Crippen molar-refractivity contribution in [2.75, 3.05) is 13.2 Å². The highest BCUT2D eigenvalue weighted by molar-refractivity contribution is 8.18. The summed E-state index contributed by atoms with van der Waals surface area (Å²) in [6, 6.07) is 7.60. The lowest BCUT2D eigenvalue weighted by atomic mass is 10.1. The first-order valence-corrected chi connectivity index (χ1v) is 9.53. The van der Waals surface area contributed by atoms with Crippen LogP contribution >= 0.6 is 23.4 Å². The molecule has 1 aliphatic rings. The largest absolute Gasteiger partial charge is 0.478 e. The Morgan fingerprint density at radius 3 is 2.72 bits per heavy atom. The molecule has 29 heavy (non-hydrogen) atoms. The summed E-state index contributed by atoms with van der Waals surface area (Å²) in [6.07, 6.45) is 1.38. The summed E-state index contributed by atoms with van der Waals surface area (Å²) in [5.41, 5.74) is 0.420. The van der Waals surface area contributed by atoms with E-state index < -0.39 is 29.6 Å². The number of carbonyl (C=O) groups is 4. The fourth-order valence-electron chi connectivity index (χ4n) is 2.53. The Bertz CT molecular complexity index is 1040. The average Bonchev–Trinajstić information content (AvgIpc) is 3.23. The number of hydrogen-bond acceptors (Lipinski definition) is 7. The highest BCUT2D eigenvalue weighted by Crippen LogP contribution is 2.33. The van der Waals surface area contributed by atoms with Crippen molar-refractivity contribution in [3.05, 3.63) is 51.6 Å². The van der Waals surface area contributed by atoms with Gasteiger partial charge in [0.15, 0.2) is 0 Å². The predicted molar refractivity (Wildman–Crippen MR) is 105 cm³/mol. The number of ether oxygens (including phenoxy) is 1. The lowest BCUT2D eigenvalue weighted by Crippen LogP contribution is -2.34. The zero-order chi connectivity index (χ0) is 21.1. The van der Waals surface area contributed by atoms with Crippen LogP contribution in [0, 0.1) is 0 Å². The van der Waals surface area contributed by atoms with Crippen LogP contribution in [0.25, 0.3) is 17.4 Å². The molecule has 0 saturated carbocycles. The number of thioether (sulfide) groups is 1. The molecule has 2 amide bonds. The van der Waals surface area contributed by atoms with Crippen LogP contribution in [0.15, 0.2) is 39.7 Å². The van der Waals surface area contributed by atoms with Gasteiger partial charge in [-0.1, -0.05) is 11.6 Å². The number of hydrogen-bond donors (Lipinski definition) is 1. The molecular weight excluding hydrogens is 422 g/mol. The maximum atomic E-state index is 12.4.